The van der Waals surface area contributed by atoms with Crippen LogP contribution in [0.1, 0.15) is 15.9 Å². The molecular formula is C16H11Cl2F4NO2. The van der Waals surface area contributed by atoms with Crippen molar-refractivity contribution in [2.45, 2.75) is 13.1 Å². The average molecular weight is 396 g/mol. The Morgan fingerprint density at radius 3 is 2.48 bits per heavy atom. The fourth-order valence-corrected chi connectivity index (χ4v) is 2.37. The molecule has 2 aromatic rings. The number of alkyl halides is 3. The molecule has 0 heterocycles. The topological polar surface area (TPSA) is 38.3 Å². The van der Waals surface area contributed by atoms with E-state index >= 15 is 0 Å². The number of amides is 1. The van der Waals surface area contributed by atoms with Crippen LogP contribution in [-0.4, -0.2) is 18.7 Å². The number of carbonyl (C=O) groups is 1. The lowest BCUT2D eigenvalue weighted by atomic mass is 10.1. The van der Waals surface area contributed by atoms with Crippen LogP contribution in [0.2, 0.25) is 10.0 Å². The van der Waals surface area contributed by atoms with Crippen molar-refractivity contribution in [1.29, 1.82) is 0 Å². The zero-order valence-corrected chi connectivity index (χ0v) is 14.2. The van der Waals surface area contributed by atoms with Gasteiger partial charge in [0.25, 0.3) is 5.91 Å². The van der Waals surface area contributed by atoms with E-state index < -0.39 is 24.5 Å². The number of halogens is 6. The van der Waals surface area contributed by atoms with Crippen LogP contribution >= 0.6 is 23.2 Å². The van der Waals surface area contributed by atoms with Gasteiger partial charge in [-0.1, -0.05) is 29.3 Å². The number of anilines is 1. The van der Waals surface area contributed by atoms with E-state index in [2.05, 4.69) is 5.32 Å². The van der Waals surface area contributed by atoms with E-state index in [1.807, 2.05) is 0 Å². The maximum Gasteiger partial charge on any atom is 0.422 e. The summed E-state index contributed by atoms with van der Waals surface area (Å²) in [7, 11) is 0. The molecule has 0 bridgehead atoms. The Labute approximate surface area is 150 Å². The summed E-state index contributed by atoms with van der Waals surface area (Å²) in [5, 5.41) is 1.99. The maximum absolute atomic E-state index is 13.5. The zero-order chi connectivity index (χ0) is 18.8. The largest absolute Gasteiger partial charge is 0.482 e. The van der Waals surface area contributed by atoms with E-state index in [-0.39, 0.29) is 27.0 Å². The Bertz CT molecular complexity index is 809. The molecule has 134 valence electrons. The Hall–Kier alpha value is -1.99. The lowest BCUT2D eigenvalue weighted by Gasteiger charge is -2.15. The molecule has 9 heteroatoms. The van der Waals surface area contributed by atoms with E-state index in [0.717, 1.165) is 12.1 Å². The average Bonchev–Trinajstić information content (AvgIpc) is 2.50. The SMILES string of the molecule is Cc1ccc(NC(=O)c2cc(F)c(Cl)cc2Cl)c(OCC(F)(F)F)c1. The monoisotopic (exact) mass is 395 g/mol. The number of benzene rings is 2. The molecule has 0 aliphatic rings. The number of nitrogens with one attached hydrogen (secondary N) is 1. The number of hydrogen-bond acceptors (Lipinski definition) is 2. The first kappa shape index (κ1) is 19.3. The van der Waals surface area contributed by atoms with Crippen molar-refractivity contribution in [3.8, 4) is 5.75 Å². The van der Waals surface area contributed by atoms with Gasteiger partial charge >= 0.3 is 6.18 Å². The van der Waals surface area contributed by atoms with E-state index in [4.69, 9.17) is 27.9 Å². The summed E-state index contributed by atoms with van der Waals surface area (Å²) < 4.78 is 55.3. The first-order valence-corrected chi connectivity index (χ1v) is 7.58. The van der Waals surface area contributed by atoms with Crippen LogP contribution in [0.4, 0.5) is 23.2 Å². The van der Waals surface area contributed by atoms with Crippen molar-refractivity contribution in [3.63, 3.8) is 0 Å². The number of aryl methyl sites for hydroxylation is 1. The molecule has 0 radical (unpaired) electrons. The van der Waals surface area contributed by atoms with Crippen LogP contribution in [0, 0.1) is 12.7 Å². The lowest BCUT2D eigenvalue weighted by Crippen LogP contribution is -2.20. The van der Waals surface area contributed by atoms with Crippen molar-refractivity contribution >= 4 is 34.8 Å². The van der Waals surface area contributed by atoms with Gasteiger partial charge in [-0.3, -0.25) is 4.79 Å². The number of rotatable bonds is 4. The Kier molecular flexibility index (Phi) is 5.80. The number of ether oxygens (including phenoxy) is 1. The second-order valence-corrected chi connectivity index (χ2v) is 5.92. The van der Waals surface area contributed by atoms with Gasteiger partial charge in [-0.25, -0.2) is 4.39 Å². The third-order valence-electron chi connectivity index (χ3n) is 3.03. The van der Waals surface area contributed by atoms with Gasteiger partial charge in [0.05, 0.1) is 21.3 Å². The zero-order valence-electron chi connectivity index (χ0n) is 12.7. The Morgan fingerprint density at radius 2 is 1.84 bits per heavy atom. The second-order valence-electron chi connectivity index (χ2n) is 5.10. The number of hydrogen-bond donors (Lipinski definition) is 1. The fourth-order valence-electron chi connectivity index (χ4n) is 1.90. The standard InChI is InChI=1S/C16H11Cl2F4NO2/c1-8-2-3-13(14(4-8)25-7-16(20,21)22)23-15(24)9-5-12(19)11(18)6-10(9)17/h2-6H,7H2,1H3,(H,23,24). The summed E-state index contributed by atoms with van der Waals surface area (Å²) in [5.41, 5.74) is 0.405. The fraction of sp³-hybridized carbons (Fsp3) is 0.188. The van der Waals surface area contributed by atoms with Crippen molar-refractivity contribution in [1.82, 2.24) is 0 Å². The van der Waals surface area contributed by atoms with E-state index in [1.54, 1.807) is 13.0 Å². The molecule has 1 N–H and O–H groups in total. The first-order valence-electron chi connectivity index (χ1n) is 6.83. The Balaban J connectivity index is 2.27. The predicted octanol–water partition coefficient (Wildman–Crippen LogP) is 5.63. The minimum Gasteiger partial charge on any atom is -0.482 e. The van der Waals surface area contributed by atoms with E-state index in [9.17, 15) is 22.4 Å². The molecule has 3 nitrogen and oxygen atoms in total. The molecule has 1 amide bonds. The summed E-state index contributed by atoms with van der Waals surface area (Å²) in [6.45, 7) is 0.132. The minimum atomic E-state index is -4.53. The second kappa shape index (κ2) is 7.49. The first-order chi connectivity index (χ1) is 11.6. The minimum absolute atomic E-state index is 0.00808. The lowest BCUT2D eigenvalue weighted by molar-refractivity contribution is -0.153. The summed E-state index contributed by atoms with van der Waals surface area (Å²) >= 11 is 11.4. The highest BCUT2D eigenvalue weighted by Crippen LogP contribution is 2.30. The van der Waals surface area contributed by atoms with Crippen LogP contribution in [0.15, 0.2) is 30.3 Å². The van der Waals surface area contributed by atoms with E-state index in [1.165, 1.54) is 12.1 Å². The third kappa shape index (κ3) is 5.24. The van der Waals surface area contributed by atoms with Gasteiger partial charge in [0, 0.05) is 0 Å². The molecule has 0 aromatic heterocycles. The molecular weight excluding hydrogens is 385 g/mol. The molecule has 2 rings (SSSR count). The van der Waals surface area contributed by atoms with Gasteiger partial charge in [-0.15, -0.1) is 0 Å². The van der Waals surface area contributed by atoms with Crippen molar-refractivity contribution in [2.75, 3.05) is 11.9 Å². The number of carbonyl (C=O) groups excluding carboxylic acids is 1. The predicted molar refractivity (Wildman–Crippen MR) is 87.1 cm³/mol. The van der Waals surface area contributed by atoms with Crippen LogP contribution in [-0.2, 0) is 0 Å². The van der Waals surface area contributed by atoms with Gasteiger partial charge in [0.2, 0.25) is 0 Å². The summed E-state index contributed by atoms with van der Waals surface area (Å²) in [4.78, 5) is 12.3. The van der Waals surface area contributed by atoms with Gasteiger partial charge in [-0.2, -0.15) is 13.2 Å². The van der Waals surface area contributed by atoms with Gasteiger partial charge in [-0.05, 0) is 36.8 Å². The summed E-state index contributed by atoms with van der Waals surface area (Å²) in [6.07, 6.45) is -4.53. The van der Waals surface area contributed by atoms with Crippen LogP contribution in [0.3, 0.4) is 0 Å². The van der Waals surface area contributed by atoms with E-state index in [0.29, 0.717) is 5.56 Å². The van der Waals surface area contributed by atoms with Crippen LogP contribution in [0.5, 0.6) is 5.75 Å². The van der Waals surface area contributed by atoms with Gasteiger partial charge in [0.1, 0.15) is 11.6 Å². The highest BCUT2D eigenvalue weighted by Gasteiger charge is 2.29. The molecule has 0 aliphatic carbocycles. The van der Waals surface area contributed by atoms with Gasteiger partial charge < -0.3 is 10.1 Å². The van der Waals surface area contributed by atoms with Crippen molar-refractivity contribution < 1.29 is 27.1 Å². The highest BCUT2D eigenvalue weighted by atomic mass is 35.5. The smallest absolute Gasteiger partial charge is 0.422 e. The van der Waals surface area contributed by atoms with Gasteiger partial charge in [0.15, 0.2) is 6.61 Å². The molecule has 0 saturated heterocycles. The third-order valence-corrected chi connectivity index (χ3v) is 3.63. The van der Waals surface area contributed by atoms with Crippen LogP contribution < -0.4 is 10.1 Å². The van der Waals surface area contributed by atoms with Crippen LogP contribution in [0.25, 0.3) is 0 Å². The van der Waals surface area contributed by atoms with Crippen molar-refractivity contribution in [2.24, 2.45) is 0 Å². The maximum atomic E-state index is 13.5. The Morgan fingerprint density at radius 1 is 1.16 bits per heavy atom. The van der Waals surface area contributed by atoms with Crippen molar-refractivity contribution in [3.05, 3.63) is 57.3 Å². The molecule has 0 atom stereocenters. The normalized spacial score (nSPS) is 11.3. The molecule has 0 spiro atoms. The molecule has 25 heavy (non-hydrogen) atoms. The highest BCUT2D eigenvalue weighted by molar-refractivity contribution is 6.37. The molecule has 0 aliphatic heterocycles. The quantitative estimate of drug-likeness (QED) is 0.537. The molecule has 0 unspecified atom stereocenters. The molecule has 0 fully saturated rings. The summed E-state index contributed by atoms with van der Waals surface area (Å²) in [6, 6.07) is 6.18. The summed E-state index contributed by atoms with van der Waals surface area (Å²) in [5.74, 6) is -1.84. The molecule has 2 aromatic carbocycles. The molecule has 0 saturated carbocycles.